The van der Waals surface area contributed by atoms with Gasteiger partial charge in [-0.3, -0.25) is 0 Å². The quantitative estimate of drug-likeness (QED) is 0.766. The number of carbonyl (C=O) groups excluding carboxylic acids is 1. The first-order valence-electron chi connectivity index (χ1n) is 7.08. The Morgan fingerprint density at radius 3 is 2.25 bits per heavy atom. The van der Waals surface area contributed by atoms with E-state index in [0.29, 0.717) is 5.92 Å². The fourth-order valence-corrected chi connectivity index (χ4v) is 2.58. The third-order valence-electron chi connectivity index (χ3n) is 3.49. The average Bonchev–Trinajstić information content (AvgIpc) is 2.38. The van der Waals surface area contributed by atoms with Crippen LogP contribution in [0.1, 0.15) is 45.1 Å². The highest BCUT2D eigenvalue weighted by molar-refractivity contribution is 6.30. The molecule has 1 fully saturated rings. The van der Waals surface area contributed by atoms with Gasteiger partial charge in [0.15, 0.2) is 0 Å². The average molecular weight is 296 g/mol. The second-order valence-corrected chi connectivity index (χ2v) is 6.73. The summed E-state index contributed by atoms with van der Waals surface area (Å²) >= 11 is 5.91. The van der Waals surface area contributed by atoms with Crippen LogP contribution in [-0.2, 0) is 4.74 Å². The summed E-state index contributed by atoms with van der Waals surface area (Å²) < 4.78 is 5.40. The van der Waals surface area contributed by atoms with Gasteiger partial charge in [-0.2, -0.15) is 0 Å². The first-order chi connectivity index (χ1) is 9.35. The van der Waals surface area contributed by atoms with Gasteiger partial charge in [0.05, 0.1) is 0 Å². The van der Waals surface area contributed by atoms with Gasteiger partial charge in [0.2, 0.25) is 0 Å². The van der Waals surface area contributed by atoms with Crippen LogP contribution in [0.25, 0.3) is 0 Å². The van der Waals surface area contributed by atoms with Crippen LogP contribution in [0.15, 0.2) is 24.3 Å². The SMILES string of the molecule is CC(C)(C)OC(=O)N1CCC(c2ccc(Cl)cc2)CC1. The zero-order valence-corrected chi connectivity index (χ0v) is 13.1. The van der Waals surface area contributed by atoms with E-state index < -0.39 is 5.60 Å². The first-order valence-corrected chi connectivity index (χ1v) is 7.46. The van der Waals surface area contributed by atoms with Crippen molar-refractivity contribution in [1.29, 1.82) is 0 Å². The summed E-state index contributed by atoms with van der Waals surface area (Å²) in [5.41, 5.74) is 0.877. The van der Waals surface area contributed by atoms with Crippen LogP contribution < -0.4 is 0 Å². The van der Waals surface area contributed by atoms with Gasteiger partial charge in [-0.1, -0.05) is 23.7 Å². The van der Waals surface area contributed by atoms with E-state index in [-0.39, 0.29) is 6.09 Å². The molecule has 0 bridgehead atoms. The molecule has 1 aromatic carbocycles. The maximum atomic E-state index is 12.0. The molecule has 0 aromatic heterocycles. The van der Waals surface area contributed by atoms with Gasteiger partial charge in [0.25, 0.3) is 0 Å². The smallest absolute Gasteiger partial charge is 0.410 e. The molecule has 1 heterocycles. The molecule has 0 radical (unpaired) electrons. The van der Waals surface area contributed by atoms with Crippen molar-refractivity contribution >= 4 is 17.7 Å². The first kappa shape index (κ1) is 15.2. The topological polar surface area (TPSA) is 29.5 Å². The van der Waals surface area contributed by atoms with Crippen molar-refractivity contribution in [3.63, 3.8) is 0 Å². The standard InChI is InChI=1S/C16H22ClNO2/c1-16(2,3)20-15(19)18-10-8-13(9-11-18)12-4-6-14(17)7-5-12/h4-7,13H,8-11H2,1-3H3. The minimum absolute atomic E-state index is 0.202. The van der Waals surface area contributed by atoms with Crippen LogP contribution >= 0.6 is 11.6 Å². The third kappa shape index (κ3) is 4.14. The number of nitrogens with zero attached hydrogens (tertiary/aromatic N) is 1. The Balaban J connectivity index is 1.89. The summed E-state index contributed by atoms with van der Waals surface area (Å²) in [5, 5.41) is 0.764. The van der Waals surface area contributed by atoms with Gasteiger partial charge >= 0.3 is 6.09 Å². The summed E-state index contributed by atoms with van der Waals surface area (Å²) in [7, 11) is 0. The highest BCUT2D eigenvalue weighted by Gasteiger charge is 2.27. The fourth-order valence-electron chi connectivity index (χ4n) is 2.46. The van der Waals surface area contributed by atoms with Gasteiger partial charge in [-0.05, 0) is 57.2 Å². The van der Waals surface area contributed by atoms with E-state index in [4.69, 9.17) is 16.3 Å². The van der Waals surface area contributed by atoms with Crippen molar-refractivity contribution in [2.24, 2.45) is 0 Å². The molecule has 1 amide bonds. The van der Waals surface area contributed by atoms with Crippen molar-refractivity contribution in [2.45, 2.75) is 45.1 Å². The number of halogens is 1. The molecule has 1 aliphatic rings. The molecule has 1 aliphatic heterocycles. The van der Waals surface area contributed by atoms with Crippen molar-refractivity contribution in [1.82, 2.24) is 4.90 Å². The second-order valence-electron chi connectivity index (χ2n) is 6.29. The molecule has 1 saturated heterocycles. The maximum Gasteiger partial charge on any atom is 0.410 e. The molecule has 2 rings (SSSR count). The number of hydrogen-bond donors (Lipinski definition) is 0. The minimum atomic E-state index is -0.426. The molecule has 1 aromatic rings. The Bertz CT molecular complexity index is 456. The lowest BCUT2D eigenvalue weighted by atomic mass is 9.90. The van der Waals surface area contributed by atoms with Crippen molar-refractivity contribution < 1.29 is 9.53 Å². The normalized spacial score (nSPS) is 17.1. The van der Waals surface area contributed by atoms with Gasteiger partial charge in [-0.15, -0.1) is 0 Å². The van der Waals surface area contributed by atoms with E-state index in [1.807, 2.05) is 32.9 Å². The molecule has 20 heavy (non-hydrogen) atoms. The molecule has 110 valence electrons. The summed E-state index contributed by atoms with van der Waals surface area (Å²) in [6.07, 6.45) is 1.74. The molecular weight excluding hydrogens is 274 g/mol. The Morgan fingerprint density at radius 1 is 1.20 bits per heavy atom. The second kappa shape index (κ2) is 6.04. The van der Waals surface area contributed by atoms with Crippen LogP contribution in [0.2, 0.25) is 5.02 Å². The maximum absolute atomic E-state index is 12.0. The van der Waals surface area contributed by atoms with E-state index in [0.717, 1.165) is 31.0 Å². The number of amides is 1. The minimum Gasteiger partial charge on any atom is -0.444 e. The molecule has 3 nitrogen and oxygen atoms in total. The van der Waals surface area contributed by atoms with E-state index in [1.165, 1.54) is 5.56 Å². The monoisotopic (exact) mass is 295 g/mol. The summed E-state index contributed by atoms with van der Waals surface area (Å²) in [6.45, 7) is 7.19. The van der Waals surface area contributed by atoms with Crippen LogP contribution in [0.3, 0.4) is 0 Å². The zero-order chi connectivity index (χ0) is 14.8. The lowest BCUT2D eigenvalue weighted by Crippen LogP contribution is -2.41. The van der Waals surface area contributed by atoms with E-state index in [1.54, 1.807) is 4.90 Å². The number of hydrogen-bond acceptors (Lipinski definition) is 2. The van der Waals surface area contributed by atoms with Crippen LogP contribution in [0, 0.1) is 0 Å². The predicted molar refractivity (Wildman–Crippen MR) is 81.2 cm³/mol. The highest BCUT2D eigenvalue weighted by Crippen LogP contribution is 2.29. The lowest BCUT2D eigenvalue weighted by Gasteiger charge is -2.33. The van der Waals surface area contributed by atoms with Gasteiger partial charge in [-0.25, -0.2) is 4.79 Å². The highest BCUT2D eigenvalue weighted by atomic mass is 35.5. The van der Waals surface area contributed by atoms with E-state index in [9.17, 15) is 4.79 Å². The van der Waals surface area contributed by atoms with Crippen molar-refractivity contribution in [3.8, 4) is 0 Å². The van der Waals surface area contributed by atoms with Crippen molar-refractivity contribution in [2.75, 3.05) is 13.1 Å². The summed E-state index contributed by atoms with van der Waals surface area (Å²) in [5.74, 6) is 0.506. The van der Waals surface area contributed by atoms with Crippen LogP contribution in [0.4, 0.5) is 4.79 Å². The molecule has 0 saturated carbocycles. The molecule has 4 heteroatoms. The van der Waals surface area contributed by atoms with Gasteiger partial charge < -0.3 is 9.64 Å². The number of benzene rings is 1. The fraction of sp³-hybridized carbons (Fsp3) is 0.562. The zero-order valence-electron chi connectivity index (χ0n) is 12.4. The van der Waals surface area contributed by atoms with E-state index in [2.05, 4.69) is 12.1 Å². The molecular formula is C16H22ClNO2. The van der Waals surface area contributed by atoms with Crippen molar-refractivity contribution in [3.05, 3.63) is 34.9 Å². The Hall–Kier alpha value is -1.22. The predicted octanol–water partition coefficient (Wildman–Crippen LogP) is 4.45. The largest absolute Gasteiger partial charge is 0.444 e. The summed E-state index contributed by atoms with van der Waals surface area (Å²) in [4.78, 5) is 13.8. The molecule has 0 aliphatic carbocycles. The third-order valence-corrected chi connectivity index (χ3v) is 3.74. The Morgan fingerprint density at radius 2 is 1.75 bits per heavy atom. The Labute approximate surface area is 125 Å². The number of ether oxygens (including phenoxy) is 1. The lowest BCUT2D eigenvalue weighted by molar-refractivity contribution is 0.0205. The van der Waals surface area contributed by atoms with Crippen LogP contribution in [-0.4, -0.2) is 29.7 Å². The molecule has 0 N–H and O–H groups in total. The number of carbonyl (C=O) groups is 1. The number of piperidine rings is 1. The number of likely N-dealkylation sites (tertiary alicyclic amines) is 1. The Kier molecular flexibility index (Phi) is 4.59. The van der Waals surface area contributed by atoms with Crippen LogP contribution in [0.5, 0.6) is 0 Å². The molecule has 0 unspecified atom stereocenters. The molecule has 0 atom stereocenters. The van der Waals surface area contributed by atoms with E-state index >= 15 is 0 Å². The van der Waals surface area contributed by atoms with Gasteiger partial charge in [0.1, 0.15) is 5.60 Å². The van der Waals surface area contributed by atoms with Gasteiger partial charge in [0, 0.05) is 18.1 Å². The molecule has 0 spiro atoms. The summed E-state index contributed by atoms with van der Waals surface area (Å²) in [6, 6.07) is 8.01. The number of rotatable bonds is 1.